The number of sulfonamides is 1. The van der Waals surface area contributed by atoms with Gasteiger partial charge < -0.3 is 9.64 Å². The van der Waals surface area contributed by atoms with Gasteiger partial charge >= 0.3 is 0 Å². The Hall–Kier alpha value is -1.92. The number of likely N-dealkylation sites (N-methyl/N-ethyl adjacent to an activating group) is 1. The van der Waals surface area contributed by atoms with Crippen LogP contribution in [0.1, 0.15) is 5.56 Å². The van der Waals surface area contributed by atoms with E-state index in [4.69, 9.17) is 16.3 Å². The lowest BCUT2D eigenvalue weighted by molar-refractivity contribution is 0.311. The molecule has 0 unspecified atom stereocenters. The first-order valence-electron chi connectivity index (χ1n) is 7.14. The second-order valence-electron chi connectivity index (χ2n) is 5.47. The zero-order valence-corrected chi connectivity index (χ0v) is 14.4. The molecule has 0 amide bonds. The number of ether oxygens (including phenoxy) is 1. The van der Waals surface area contributed by atoms with Crippen LogP contribution < -0.4 is 14.4 Å². The molecule has 7 heteroatoms. The van der Waals surface area contributed by atoms with Gasteiger partial charge in [0.1, 0.15) is 12.4 Å². The summed E-state index contributed by atoms with van der Waals surface area (Å²) in [6, 6.07) is 9.90. The normalized spacial score (nSPS) is 14.1. The number of benzene rings is 2. The summed E-state index contributed by atoms with van der Waals surface area (Å²) in [6.07, 6.45) is 0. The largest absolute Gasteiger partial charge is 0.490 e. The number of nitrogens with zero attached hydrogens (tertiary/aromatic N) is 1. The second kappa shape index (κ2) is 5.94. The number of hydrogen-bond acceptors (Lipinski definition) is 4. The molecule has 0 atom stereocenters. The molecule has 0 aromatic heterocycles. The Morgan fingerprint density at radius 1 is 1.22 bits per heavy atom. The molecule has 122 valence electrons. The number of fused-ring (bicyclic) bond motifs is 1. The lowest BCUT2D eigenvalue weighted by atomic mass is 10.2. The Kier molecular flexibility index (Phi) is 4.12. The first-order valence-corrected chi connectivity index (χ1v) is 9.00. The van der Waals surface area contributed by atoms with Crippen molar-refractivity contribution in [1.82, 2.24) is 0 Å². The molecule has 1 aliphatic rings. The third-order valence-corrected chi connectivity index (χ3v) is 5.55. The summed E-state index contributed by atoms with van der Waals surface area (Å²) in [7, 11) is -1.78. The summed E-state index contributed by atoms with van der Waals surface area (Å²) in [5.74, 6) is 0.691. The van der Waals surface area contributed by atoms with Gasteiger partial charge in [-0.1, -0.05) is 17.7 Å². The van der Waals surface area contributed by atoms with Crippen LogP contribution in [0.4, 0.5) is 11.4 Å². The summed E-state index contributed by atoms with van der Waals surface area (Å²) in [5, 5.41) is 0.517. The first-order chi connectivity index (χ1) is 10.9. The SMILES string of the molecule is Cc1ccc(NS(=O)(=O)c2ccc3c(c2)N(C)CCO3)cc1Cl. The van der Waals surface area contributed by atoms with E-state index in [0.717, 1.165) is 17.8 Å². The van der Waals surface area contributed by atoms with E-state index >= 15 is 0 Å². The number of aryl methyl sites for hydroxylation is 1. The number of nitrogens with one attached hydrogen (secondary N) is 1. The van der Waals surface area contributed by atoms with E-state index in [2.05, 4.69) is 4.72 Å². The lowest BCUT2D eigenvalue weighted by Gasteiger charge is -2.28. The van der Waals surface area contributed by atoms with Gasteiger partial charge in [-0.05, 0) is 42.8 Å². The molecule has 1 N–H and O–H groups in total. The molecule has 5 nitrogen and oxygen atoms in total. The molecule has 3 rings (SSSR count). The fourth-order valence-electron chi connectivity index (χ4n) is 2.37. The standard InChI is InChI=1S/C16H17ClN2O3S/c1-11-3-4-12(9-14(11)17)18-23(20,21)13-5-6-16-15(10-13)19(2)7-8-22-16/h3-6,9-10,18H,7-8H2,1-2H3. The molecular formula is C16H17ClN2O3S. The molecule has 0 fully saturated rings. The van der Waals surface area contributed by atoms with Gasteiger partial charge in [0.25, 0.3) is 10.0 Å². The van der Waals surface area contributed by atoms with Crippen LogP contribution in [0.15, 0.2) is 41.3 Å². The Morgan fingerprint density at radius 2 is 2.00 bits per heavy atom. The van der Waals surface area contributed by atoms with Gasteiger partial charge in [0.15, 0.2) is 0 Å². The van der Waals surface area contributed by atoms with E-state index in [0.29, 0.717) is 23.1 Å². The Bertz CT molecular complexity index is 852. The van der Waals surface area contributed by atoms with Crippen molar-refractivity contribution >= 4 is 33.0 Å². The number of halogens is 1. The van der Waals surface area contributed by atoms with Gasteiger partial charge in [-0.25, -0.2) is 8.42 Å². The smallest absolute Gasteiger partial charge is 0.261 e. The number of hydrogen-bond donors (Lipinski definition) is 1. The van der Waals surface area contributed by atoms with E-state index in [1.54, 1.807) is 30.3 Å². The van der Waals surface area contributed by atoms with E-state index in [9.17, 15) is 8.42 Å². The summed E-state index contributed by atoms with van der Waals surface area (Å²) < 4.78 is 33.2. The zero-order chi connectivity index (χ0) is 16.6. The van der Waals surface area contributed by atoms with Crippen LogP contribution in [-0.4, -0.2) is 28.6 Å². The minimum Gasteiger partial charge on any atom is -0.490 e. The average molecular weight is 353 g/mol. The van der Waals surface area contributed by atoms with Gasteiger partial charge in [0.2, 0.25) is 0 Å². The minimum absolute atomic E-state index is 0.185. The Labute approximate surface area is 140 Å². The van der Waals surface area contributed by atoms with Crippen LogP contribution in [0.25, 0.3) is 0 Å². The van der Waals surface area contributed by atoms with Crippen LogP contribution in [0, 0.1) is 6.92 Å². The molecule has 23 heavy (non-hydrogen) atoms. The van der Waals surface area contributed by atoms with E-state index < -0.39 is 10.0 Å². The highest BCUT2D eigenvalue weighted by molar-refractivity contribution is 7.92. The van der Waals surface area contributed by atoms with Crippen LogP contribution in [0.2, 0.25) is 5.02 Å². The van der Waals surface area contributed by atoms with Crippen LogP contribution >= 0.6 is 11.6 Å². The molecule has 2 aromatic carbocycles. The highest BCUT2D eigenvalue weighted by Gasteiger charge is 2.21. The summed E-state index contributed by atoms with van der Waals surface area (Å²) in [4.78, 5) is 2.16. The van der Waals surface area contributed by atoms with Crippen molar-refractivity contribution < 1.29 is 13.2 Å². The maximum absolute atomic E-state index is 12.6. The molecule has 1 heterocycles. The molecule has 0 spiro atoms. The highest BCUT2D eigenvalue weighted by atomic mass is 35.5. The van der Waals surface area contributed by atoms with Crippen molar-refractivity contribution in [3.63, 3.8) is 0 Å². The van der Waals surface area contributed by atoms with Crippen molar-refractivity contribution in [2.45, 2.75) is 11.8 Å². The zero-order valence-electron chi connectivity index (χ0n) is 12.8. The van der Waals surface area contributed by atoms with Gasteiger partial charge in [-0.15, -0.1) is 0 Å². The maximum atomic E-state index is 12.6. The minimum atomic E-state index is -3.69. The predicted molar refractivity (Wildman–Crippen MR) is 92.2 cm³/mol. The Morgan fingerprint density at radius 3 is 2.74 bits per heavy atom. The first kappa shape index (κ1) is 16.0. The monoisotopic (exact) mass is 352 g/mol. The molecule has 0 radical (unpaired) electrons. The quantitative estimate of drug-likeness (QED) is 0.921. The van der Waals surface area contributed by atoms with Crippen molar-refractivity contribution in [3.05, 3.63) is 47.0 Å². The topological polar surface area (TPSA) is 58.6 Å². The second-order valence-corrected chi connectivity index (χ2v) is 7.56. The van der Waals surface area contributed by atoms with E-state index in [-0.39, 0.29) is 4.90 Å². The van der Waals surface area contributed by atoms with Gasteiger partial charge in [0, 0.05) is 12.1 Å². The molecule has 0 bridgehead atoms. The fraction of sp³-hybridized carbons (Fsp3) is 0.250. The van der Waals surface area contributed by atoms with Crippen molar-refractivity contribution in [3.8, 4) is 5.75 Å². The highest BCUT2D eigenvalue weighted by Crippen LogP contribution is 2.33. The van der Waals surface area contributed by atoms with Gasteiger partial charge in [-0.3, -0.25) is 4.72 Å². The predicted octanol–water partition coefficient (Wildman–Crippen LogP) is 3.28. The third-order valence-electron chi connectivity index (χ3n) is 3.76. The molecule has 0 aliphatic carbocycles. The number of rotatable bonds is 3. The maximum Gasteiger partial charge on any atom is 0.261 e. The van der Waals surface area contributed by atoms with Crippen molar-refractivity contribution in [1.29, 1.82) is 0 Å². The third kappa shape index (κ3) is 3.23. The van der Waals surface area contributed by atoms with Gasteiger partial charge in [-0.2, -0.15) is 0 Å². The van der Waals surface area contributed by atoms with Gasteiger partial charge in [0.05, 0.1) is 22.8 Å². The van der Waals surface area contributed by atoms with Crippen LogP contribution in [0.5, 0.6) is 5.75 Å². The van der Waals surface area contributed by atoms with E-state index in [1.165, 1.54) is 6.07 Å². The van der Waals surface area contributed by atoms with Crippen LogP contribution in [-0.2, 0) is 10.0 Å². The Balaban J connectivity index is 1.93. The fourth-order valence-corrected chi connectivity index (χ4v) is 3.62. The molecular weight excluding hydrogens is 336 g/mol. The lowest BCUT2D eigenvalue weighted by Crippen LogP contribution is -2.29. The summed E-state index contributed by atoms with van der Waals surface area (Å²) in [5.41, 5.74) is 2.09. The van der Waals surface area contributed by atoms with Crippen LogP contribution in [0.3, 0.4) is 0 Å². The number of anilines is 2. The van der Waals surface area contributed by atoms with Crippen molar-refractivity contribution in [2.24, 2.45) is 0 Å². The summed E-state index contributed by atoms with van der Waals surface area (Å²) in [6.45, 7) is 3.17. The van der Waals surface area contributed by atoms with E-state index in [1.807, 2.05) is 18.9 Å². The molecule has 1 aliphatic heterocycles. The molecule has 0 saturated heterocycles. The average Bonchev–Trinajstić information content (AvgIpc) is 2.51. The summed E-state index contributed by atoms with van der Waals surface area (Å²) >= 11 is 6.04. The molecule has 2 aromatic rings. The van der Waals surface area contributed by atoms with Crippen molar-refractivity contribution in [2.75, 3.05) is 29.8 Å². The molecule has 0 saturated carbocycles.